The van der Waals surface area contributed by atoms with Gasteiger partial charge in [0.2, 0.25) is 11.7 Å². The zero-order chi connectivity index (χ0) is 24.2. The van der Waals surface area contributed by atoms with E-state index in [1.807, 2.05) is 25.1 Å². The average Bonchev–Trinajstić information content (AvgIpc) is 3.32. The molecule has 0 spiro atoms. The van der Waals surface area contributed by atoms with Crippen LogP contribution in [0.3, 0.4) is 0 Å². The lowest BCUT2D eigenvalue weighted by Gasteiger charge is -2.18. The van der Waals surface area contributed by atoms with E-state index in [0.29, 0.717) is 47.2 Å². The van der Waals surface area contributed by atoms with E-state index in [1.165, 1.54) is 4.80 Å². The molecule has 5 rings (SSSR count). The molecular formula is C25H22N6O4. The highest BCUT2D eigenvalue weighted by Crippen LogP contribution is 2.32. The Kier molecular flexibility index (Phi) is 6.08. The number of carbonyl (C=O) groups is 2. The van der Waals surface area contributed by atoms with Crippen molar-refractivity contribution in [3.05, 3.63) is 77.9 Å². The number of hydrogen-bond acceptors (Lipinski definition) is 7. The molecule has 1 aromatic heterocycles. The van der Waals surface area contributed by atoms with E-state index in [9.17, 15) is 9.59 Å². The van der Waals surface area contributed by atoms with Crippen molar-refractivity contribution in [1.29, 1.82) is 0 Å². The quantitative estimate of drug-likeness (QED) is 0.444. The predicted molar refractivity (Wildman–Crippen MR) is 128 cm³/mol. The van der Waals surface area contributed by atoms with E-state index < -0.39 is 0 Å². The van der Waals surface area contributed by atoms with E-state index in [1.54, 1.807) is 48.5 Å². The summed E-state index contributed by atoms with van der Waals surface area (Å²) in [6.07, 6.45) is 0. The molecule has 0 atom stereocenters. The average molecular weight is 470 g/mol. The van der Waals surface area contributed by atoms with Gasteiger partial charge in [-0.2, -0.15) is 4.80 Å². The molecule has 2 heterocycles. The molecule has 0 saturated heterocycles. The maximum Gasteiger partial charge on any atom is 0.255 e. The van der Waals surface area contributed by atoms with Crippen LogP contribution < -0.4 is 20.1 Å². The standard InChI is InChI=1S/C25H22N6O4/c1-16-6-8-17(9-7-16)25(33)27-20-5-3-2-4-19(20)24-28-30-31(29-24)15-23(32)26-18-10-11-21-22(14-18)35-13-12-34-21/h2-11,14H,12-13,15H2,1H3,(H,26,32)(H,27,33). The molecule has 1 aliphatic rings. The van der Waals surface area contributed by atoms with Gasteiger partial charge < -0.3 is 20.1 Å². The third-order valence-electron chi connectivity index (χ3n) is 5.29. The van der Waals surface area contributed by atoms with Crippen molar-refractivity contribution in [3.63, 3.8) is 0 Å². The number of amides is 2. The van der Waals surface area contributed by atoms with Crippen LogP contribution in [-0.2, 0) is 11.3 Å². The van der Waals surface area contributed by atoms with Crippen LogP contribution in [-0.4, -0.2) is 45.2 Å². The molecule has 0 aliphatic carbocycles. The number of nitrogens with one attached hydrogen (secondary N) is 2. The number of fused-ring (bicyclic) bond motifs is 1. The molecule has 0 radical (unpaired) electrons. The number of anilines is 2. The van der Waals surface area contributed by atoms with Crippen molar-refractivity contribution in [3.8, 4) is 22.9 Å². The summed E-state index contributed by atoms with van der Waals surface area (Å²) >= 11 is 0. The number of benzene rings is 3. The van der Waals surface area contributed by atoms with E-state index in [0.717, 1.165) is 5.56 Å². The Bertz CT molecular complexity index is 1380. The topological polar surface area (TPSA) is 120 Å². The fraction of sp³-hybridized carbons (Fsp3) is 0.160. The fourth-order valence-corrected chi connectivity index (χ4v) is 3.55. The van der Waals surface area contributed by atoms with Gasteiger partial charge in [0.05, 0.1) is 5.69 Å². The third-order valence-corrected chi connectivity index (χ3v) is 5.29. The molecule has 0 saturated carbocycles. The zero-order valence-electron chi connectivity index (χ0n) is 18.9. The molecule has 0 bridgehead atoms. The van der Waals surface area contributed by atoms with Crippen LogP contribution in [0.25, 0.3) is 11.4 Å². The number of aromatic nitrogens is 4. The SMILES string of the molecule is Cc1ccc(C(=O)Nc2ccccc2-c2nnn(CC(=O)Nc3ccc4c(c3)OCCO4)n2)cc1. The van der Waals surface area contributed by atoms with E-state index in [2.05, 4.69) is 26.0 Å². The molecule has 10 heteroatoms. The van der Waals surface area contributed by atoms with Gasteiger partial charge in [-0.3, -0.25) is 9.59 Å². The van der Waals surface area contributed by atoms with Crippen molar-refractivity contribution in [2.75, 3.05) is 23.8 Å². The second-order valence-electron chi connectivity index (χ2n) is 7.92. The second-order valence-corrected chi connectivity index (χ2v) is 7.92. The van der Waals surface area contributed by atoms with Gasteiger partial charge in [0.1, 0.15) is 19.8 Å². The number of carbonyl (C=O) groups excluding carboxylic acids is 2. The lowest BCUT2D eigenvalue weighted by atomic mass is 10.1. The maximum absolute atomic E-state index is 12.7. The summed E-state index contributed by atoms with van der Waals surface area (Å²) in [6.45, 7) is 2.78. The van der Waals surface area contributed by atoms with Gasteiger partial charge in [-0.25, -0.2) is 0 Å². The molecule has 0 fully saturated rings. The molecule has 176 valence electrons. The first kappa shape index (κ1) is 22.1. The molecule has 4 aromatic rings. The first-order valence-corrected chi connectivity index (χ1v) is 11.0. The number of nitrogens with zero attached hydrogens (tertiary/aromatic N) is 4. The molecule has 3 aromatic carbocycles. The minimum absolute atomic E-state index is 0.140. The highest BCUT2D eigenvalue weighted by Gasteiger charge is 2.16. The molecule has 2 N–H and O–H groups in total. The van der Waals surface area contributed by atoms with Crippen LogP contribution in [0.2, 0.25) is 0 Å². The second kappa shape index (κ2) is 9.64. The van der Waals surface area contributed by atoms with Crippen LogP contribution in [0.5, 0.6) is 11.5 Å². The normalized spacial score (nSPS) is 12.1. The molecule has 1 aliphatic heterocycles. The van der Waals surface area contributed by atoms with Gasteiger partial charge in [0, 0.05) is 22.9 Å². The lowest BCUT2D eigenvalue weighted by molar-refractivity contribution is -0.117. The van der Waals surface area contributed by atoms with Gasteiger partial charge in [-0.05, 0) is 48.5 Å². The van der Waals surface area contributed by atoms with E-state index >= 15 is 0 Å². The van der Waals surface area contributed by atoms with Crippen LogP contribution in [0.4, 0.5) is 11.4 Å². The number of hydrogen-bond donors (Lipinski definition) is 2. The summed E-state index contributed by atoms with van der Waals surface area (Å²) < 4.78 is 11.0. The Morgan fingerprint density at radius 1 is 0.943 bits per heavy atom. The van der Waals surface area contributed by atoms with Crippen molar-refractivity contribution in [1.82, 2.24) is 20.2 Å². The predicted octanol–water partition coefficient (Wildman–Crippen LogP) is 3.31. The van der Waals surface area contributed by atoms with Crippen molar-refractivity contribution < 1.29 is 19.1 Å². The molecular weight excluding hydrogens is 448 g/mol. The molecule has 10 nitrogen and oxygen atoms in total. The van der Waals surface area contributed by atoms with Gasteiger partial charge in [0.15, 0.2) is 11.5 Å². The van der Waals surface area contributed by atoms with Gasteiger partial charge in [-0.15, -0.1) is 10.2 Å². The highest BCUT2D eigenvalue weighted by molar-refractivity contribution is 6.06. The largest absolute Gasteiger partial charge is 0.486 e. The summed E-state index contributed by atoms with van der Waals surface area (Å²) in [4.78, 5) is 26.4. The minimum atomic E-state index is -0.327. The molecule has 35 heavy (non-hydrogen) atoms. The molecule has 2 amide bonds. The number of para-hydroxylation sites is 1. The number of rotatable bonds is 6. The summed E-state index contributed by atoms with van der Waals surface area (Å²) in [5.41, 5.74) is 3.31. The van der Waals surface area contributed by atoms with Crippen LogP contribution >= 0.6 is 0 Å². The minimum Gasteiger partial charge on any atom is -0.486 e. The highest BCUT2D eigenvalue weighted by atomic mass is 16.6. The van der Waals surface area contributed by atoms with Gasteiger partial charge in [-0.1, -0.05) is 29.8 Å². The number of aryl methyl sites for hydroxylation is 1. The maximum atomic E-state index is 12.7. The monoisotopic (exact) mass is 470 g/mol. The Morgan fingerprint density at radius 3 is 2.54 bits per heavy atom. The third kappa shape index (κ3) is 5.11. The van der Waals surface area contributed by atoms with Crippen molar-refractivity contribution in [2.45, 2.75) is 13.5 Å². The zero-order valence-corrected chi connectivity index (χ0v) is 18.9. The lowest BCUT2D eigenvalue weighted by Crippen LogP contribution is -2.21. The van der Waals surface area contributed by atoms with Crippen LogP contribution in [0, 0.1) is 6.92 Å². The Hall–Kier alpha value is -4.73. The van der Waals surface area contributed by atoms with E-state index in [4.69, 9.17) is 9.47 Å². The summed E-state index contributed by atoms with van der Waals surface area (Å²) in [5, 5.41) is 18.1. The van der Waals surface area contributed by atoms with Crippen molar-refractivity contribution in [2.24, 2.45) is 0 Å². The van der Waals surface area contributed by atoms with Crippen molar-refractivity contribution >= 4 is 23.2 Å². The number of tetrazole rings is 1. The Labute approximate surface area is 200 Å². The first-order chi connectivity index (χ1) is 17.0. The summed E-state index contributed by atoms with van der Waals surface area (Å²) in [5.74, 6) is 0.941. The fourth-order valence-electron chi connectivity index (χ4n) is 3.55. The summed E-state index contributed by atoms with van der Waals surface area (Å²) in [6, 6.07) is 19.6. The Morgan fingerprint density at radius 2 is 1.71 bits per heavy atom. The van der Waals surface area contributed by atoms with Gasteiger partial charge >= 0.3 is 0 Å². The Balaban J connectivity index is 1.27. The first-order valence-electron chi connectivity index (χ1n) is 11.0. The van der Waals surface area contributed by atoms with Crippen LogP contribution in [0.15, 0.2) is 66.7 Å². The van der Waals surface area contributed by atoms with Gasteiger partial charge in [0.25, 0.3) is 5.91 Å². The van der Waals surface area contributed by atoms with Crippen LogP contribution in [0.1, 0.15) is 15.9 Å². The van der Waals surface area contributed by atoms with E-state index in [-0.39, 0.29) is 24.2 Å². The smallest absolute Gasteiger partial charge is 0.255 e. The number of ether oxygens (including phenoxy) is 2. The molecule has 0 unspecified atom stereocenters. The summed E-state index contributed by atoms with van der Waals surface area (Å²) in [7, 11) is 0.